The number of hydrogen-bond donors (Lipinski definition) is 1. The number of hydrogen-bond acceptors (Lipinski definition) is 4. The Morgan fingerprint density at radius 1 is 1.42 bits per heavy atom. The van der Waals surface area contributed by atoms with Crippen LogP contribution in [0.5, 0.6) is 0 Å². The first-order valence-corrected chi connectivity index (χ1v) is 7.96. The van der Waals surface area contributed by atoms with Gasteiger partial charge in [0, 0.05) is 24.9 Å². The van der Waals surface area contributed by atoms with E-state index in [1.54, 1.807) is 17.9 Å². The summed E-state index contributed by atoms with van der Waals surface area (Å²) in [5.41, 5.74) is 1.12. The van der Waals surface area contributed by atoms with Crippen molar-refractivity contribution in [3.8, 4) is 0 Å². The van der Waals surface area contributed by atoms with Crippen LogP contribution in [-0.2, 0) is 9.84 Å². The maximum Gasteiger partial charge on any atom is 0.254 e. The van der Waals surface area contributed by atoms with Crippen molar-refractivity contribution in [2.45, 2.75) is 24.3 Å². The number of rotatable bonds is 2. The van der Waals surface area contributed by atoms with Crippen molar-refractivity contribution in [3.63, 3.8) is 0 Å². The summed E-state index contributed by atoms with van der Waals surface area (Å²) in [6.45, 7) is 2.58. The molecule has 0 aliphatic carbocycles. The Morgan fingerprint density at radius 3 is 2.63 bits per heavy atom. The Morgan fingerprint density at radius 2 is 2.11 bits per heavy atom. The lowest BCUT2D eigenvalue weighted by atomic mass is 10.1. The van der Waals surface area contributed by atoms with Crippen LogP contribution < -0.4 is 0 Å². The number of aliphatic hydroxyl groups excluding tert-OH is 1. The lowest BCUT2D eigenvalue weighted by Gasteiger charge is -2.17. The number of amides is 1. The second-order valence-corrected chi connectivity index (χ2v) is 6.96. The van der Waals surface area contributed by atoms with Gasteiger partial charge in [-0.05, 0) is 31.0 Å². The molecule has 1 unspecified atom stereocenters. The SMILES string of the molecule is Cc1ccc(S(C)(=O)=O)cc1C(=O)N1CCC(O)C1. The summed E-state index contributed by atoms with van der Waals surface area (Å²) in [6, 6.07) is 4.55. The molecule has 19 heavy (non-hydrogen) atoms. The fourth-order valence-electron chi connectivity index (χ4n) is 2.16. The van der Waals surface area contributed by atoms with Gasteiger partial charge in [0.05, 0.1) is 11.0 Å². The Kier molecular flexibility index (Phi) is 3.64. The van der Waals surface area contributed by atoms with E-state index in [1.165, 1.54) is 12.1 Å². The quantitative estimate of drug-likeness (QED) is 0.862. The van der Waals surface area contributed by atoms with Crippen LogP contribution in [0.2, 0.25) is 0 Å². The van der Waals surface area contributed by atoms with Crippen LogP contribution in [0.1, 0.15) is 22.3 Å². The number of nitrogens with zero attached hydrogens (tertiary/aromatic N) is 1. The number of likely N-dealkylation sites (tertiary alicyclic amines) is 1. The number of carbonyl (C=O) groups excluding carboxylic acids is 1. The van der Waals surface area contributed by atoms with Crippen LogP contribution in [0, 0.1) is 6.92 Å². The zero-order valence-electron chi connectivity index (χ0n) is 11.0. The molecule has 1 aliphatic rings. The predicted octanol–water partition coefficient (Wildman–Crippen LogP) is 0.605. The Labute approximate surface area is 112 Å². The minimum atomic E-state index is -3.33. The zero-order chi connectivity index (χ0) is 14.2. The highest BCUT2D eigenvalue weighted by molar-refractivity contribution is 7.90. The molecule has 1 aliphatic heterocycles. The van der Waals surface area contributed by atoms with Crippen LogP contribution in [0.3, 0.4) is 0 Å². The van der Waals surface area contributed by atoms with Gasteiger partial charge in [-0.2, -0.15) is 0 Å². The van der Waals surface area contributed by atoms with Gasteiger partial charge in [-0.15, -0.1) is 0 Å². The van der Waals surface area contributed by atoms with E-state index in [0.29, 0.717) is 25.1 Å². The molecule has 1 atom stereocenters. The van der Waals surface area contributed by atoms with E-state index in [9.17, 15) is 18.3 Å². The molecule has 1 aromatic rings. The number of benzene rings is 1. The Hall–Kier alpha value is -1.40. The fraction of sp³-hybridized carbons (Fsp3) is 0.462. The van der Waals surface area contributed by atoms with Crippen molar-refractivity contribution < 1.29 is 18.3 Å². The van der Waals surface area contributed by atoms with Gasteiger partial charge in [0.15, 0.2) is 9.84 Å². The molecule has 6 heteroatoms. The topological polar surface area (TPSA) is 74.7 Å². The van der Waals surface area contributed by atoms with Gasteiger partial charge in [-0.25, -0.2) is 8.42 Å². The molecule has 1 saturated heterocycles. The molecule has 1 fully saturated rings. The maximum absolute atomic E-state index is 12.3. The molecule has 0 bridgehead atoms. The molecular formula is C13H17NO4S. The highest BCUT2D eigenvalue weighted by Gasteiger charge is 2.26. The van der Waals surface area contributed by atoms with Crippen LogP contribution in [0.25, 0.3) is 0 Å². The summed E-state index contributed by atoms with van der Waals surface area (Å²) in [4.78, 5) is 14.0. The van der Waals surface area contributed by atoms with Gasteiger partial charge >= 0.3 is 0 Å². The molecule has 104 valence electrons. The van der Waals surface area contributed by atoms with E-state index in [4.69, 9.17) is 0 Å². The third kappa shape index (κ3) is 2.96. The Balaban J connectivity index is 2.36. The lowest BCUT2D eigenvalue weighted by Crippen LogP contribution is -2.30. The average molecular weight is 283 g/mol. The molecule has 1 amide bonds. The highest BCUT2D eigenvalue weighted by atomic mass is 32.2. The first-order valence-electron chi connectivity index (χ1n) is 6.07. The van der Waals surface area contributed by atoms with Crippen LogP contribution in [-0.4, -0.2) is 49.8 Å². The molecular weight excluding hydrogens is 266 g/mol. The van der Waals surface area contributed by atoms with Gasteiger partial charge in [-0.3, -0.25) is 4.79 Å². The summed E-state index contributed by atoms with van der Waals surface area (Å²) < 4.78 is 23.1. The molecule has 2 rings (SSSR count). The second-order valence-electron chi connectivity index (χ2n) is 4.94. The van der Waals surface area contributed by atoms with E-state index in [-0.39, 0.29) is 10.8 Å². The minimum Gasteiger partial charge on any atom is -0.391 e. The van der Waals surface area contributed by atoms with Crippen molar-refractivity contribution in [2.75, 3.05) is 19.3 Å². The first-order chi connectivity index (χ1) is 8.79. The number of sulfone groups is 1. The number of aryl methyl sites for hydroxylation is 1. The van der Waals surface area contributed by atoms with Crippen molar-refractivity contribution in [2.24, 2.45) is 0 Å². The third-order valence-electron chi connectivity index (χ3n) is 3.32. The second kappa shape index (κ2) is 4.94. The summed E-state index contributed by atoms with van der Waals surface area (Å²) in [6.07, 6.45) is 1.20. The third-order valence-corrected chi connectivity index (χ3v) is 4.43. The molecule has 1 heterocycles. The van der Waals surface area contributed by atoms with Gasteiger partial charge in [-0.1, -0.05) is 6.07 Å². The van der Waals surface area contributed by atoms with E-state index in [2.05, 4.69) is 0 Å². The van der Waals surface area contributed by atoms with Gasteiger partial charge in [0.2, 0.25) is 0 Å². The largest absolute Gasteiger partial charge is 0.391 e. The molecule has 1 aromatic carbocycles. The number of β-amino-alcohol motifs (C(OH)–C–C–N with tert-alkyl or cyclic N) is 1. The van der Waals surface area contributed by atoms with Crippen molar-refractivity contribution in [1.29, 1.82) is 0 Å². The monoisotopic (exact) mass is 283 g/mol. The van der Waals surface area contributed by atoms with E-state index in [1.807, 2.05) is 0 Å². The summed E-state index contributed by atoms with van der Waals surface area (Å²) in [7, 11) is -3.33. The summed E-state index contributed by atoms with van der Waals surface area (Å²) in [5, 5.41) is 9.46. The highest BCUT2D eigenvalue weighted by Crippen LogP contribution is 2.20. The average Bonchev–Trinajstić information content (AvgIpc) is 2.74. The van der Waals surface area contributed by atoms with E-state index in [0.717, 1.165) is 11.8 Å². The van der Waals surface area contributed by atoms with Crippen molar-refractivity contribution >= 4 is 15.7 Å². The lowest BCUT2D eigenvalue weighted by molar-refractivity contribution is 0.0764. The smallest absolute Gasteiger partial charge is 0.254 e. The van der Waals surface area contributed by atoms with Crippen LogP contribution in [0.15, 0.2) is 23.1 Å². The normalized spacial score (nSPS) is 19.7. The summed E-state index contributed by atoms with van der Waals surface area (Å²) in [5.74, 6) is -0.223. The predicted molar refractivity (Wildman–Crippen MR) is 70.8 cm³/mol. The fourth-order valence-corrected chi connectivity index (χ4v) is 2.81. The Bertz CT molecular complexity index is 609. The van der Waals surface area contributed by atoms with Crippen LogP contribution >= 0.6 is 0 Å². The molecule has 5 nitrogen and oxygen atoms in total. The zero-order valence-corrected chi connectivity index (χ0v) is 11.8. The molecule has 1 N–H and O–H groups in total. The molecule has 0 saturated carbocycles. The van der Waals surface area contributed by atoms with Gasteiger partial charge in [0.25, 0.3) is 5.91 Å². The van der Waals surface area contributed by atoms with Crippen LogP contribution in [0.4, 0.5) is 0 Å². The number of carbonyl (C=O) groups is 1. The molecule has 0 aromatic heterocycles. The van der Waals surface area contributed by atoms with Crippen molar-refractivity contribution in [1.82, 2.24) is 4.90 Å². The summed E-state index contributed by atoms with van der Waals surface area (Å²) >= 11 is 0. The molecule has 0 radical (unpaired) electrons. The minimum absolute atomic E-state index is 0.140. The van der Waals surface area contributed by atoms with Gasteiger partial charge in [0.1, 0.15) is 0 Å². The standard InChI is InChI=1S/C13H17NO4S/c1-9-3-4-11(19(2,17)18)7-12(9)13(16)14-6-5-10(15)8-14/h3-4,7,10,15H,5-6,8H2,1-2H3. The van der Waals surface area contributed by atoms with E-state index < -0.39 is 15.9 Å². The molecule has 0 spiro atoms. The van der Waals surface area contributed by atoms with Crippen molar-refractivity contribution in [3.05, 3.63) is 29.3 Å². The first kappa shape index (κ1) is 14.0. The van der Waals surface area contributed by atoms with Gasteiger partial charge < -0.3 is 10.0 Å². The maximum atomic E-state index is 12.3. The van der Waals surface area contributed by atoms with E-state index >= 15 is 0 Å². The number of aliphatic hydroxyl groups is 1.